The van der Waals surface area contributed by atoms with Crippen LogP contribution in [0.25, 0.3) is 0 Å². The van der Waals surface area contributed by atoms with Crippen LogP contribution in [0.4, 0.5) is 10.5 Å². The van der Waals surface area contributed by atoms with Crippen LogP contribution < -0.4 is 20.7 Å². The summed E-state index contributed by atoms with van der Waals surface area (Å²) in [6.07, 6.45) is 0. The lowest BCUT2D eigenvalue weighted by molar-refractivity contribution is -0.138. The number of ether oxygens (including phenoxy) is 2. The Bertz CT molecular complexity index is 684. The van der Waals surface area contributed by atoms with Gasteiger partial charge < -0.3 is 25.4 Å². The van der Waals surface area contributed by atoms with E-state index in [1.165, 1.54) is 6.92 Å². The van der Waals surface area contributed by atoms with E-state index in [1.807, 2.05) is 0 Å². The number of esters is 1. The molecule has 1 aromatic rings. The van der Waals surface area contributed by atoms with Crippen molar-refractivity contribution in [1.82, 2.24) is 10.6 Å². The Balaban J connectivity index is 2.17. The van der Waals surface area contributed by atoms with Crippen molar-refractivity contribution >= 4 is 23.6 Å². The summed E-state index contributed by atoms with van der Waals surface area (Å²) in [5.74, 6) is -0.317. The van der Waals surface area contributed by atoms with Crippen molar-refractivity contribution in [2.75, 3.05) is 25.1 Å². The highest BCUT2D eigenvalue weighted by molar-refractivity contribution is 5.93. The number of anilines is 1. The second-order valence-corrected chi connectivity index (χ2v) is 4.95. The van der Waals surface area contributed by atoms with Gasteiger partial charge in [0.15, 0.2) is 0 Å². The third kappa shape index (κ3) is 4.48. The normalized spacial score (nSPS) is 13.7. The molecule has 24 heavy (non-hydrogen) atoms. The minimum Gasteiger partial charge on any atom is -0.485 e. The minimum atomic E-state index is -0.515. The summed E-state index contributed by atoms with van der Waals surface area (Å²) in [5, 5.41) is 7.72. The number of benzene rings is 1. The molecule has 0 spiro atoms. The van der Waals surface area contributed by atoms with E-state index in [4.69, 9.17) is 9.47 Å². The fraction of sp³-hybridized carbons (Fsp3) is 0.312. The summed E-state index contributed by atoms with van der Waals surface area (Å²) in [6.45, 7) is 3.35. The molecule has 3 N–H and O–H groups in total. The predicted molar refractivity (Wildman–Crippen MR) is 86.4 cm³/mol. The van der Waals surface area contributed by atoms with E-state index in [2.05, 4.69) is 16.0 Å². The molecule has 0 saturated carbocycles. The van der Waals surface area contributed by atoms with Crippen LogP contribution in [0.5, 0.6) is 5.75 Å². The molecule has 8 heteroatoms. The molecule has 1 aliphatic heterocycles. The first-order valence-electron chi connectivity index (χ1n) is 7.44. The Kier molecular flexibility index (Phi) is 5.78. The molecule has 0 bridgehead atoms. The molecule has 2 rings (SSSR count). The predicted octanol–water partition coefficient (Wildman–Crippen LogP) is 1.15. The first-order valence-corrected chi connectivity index (χ1v) is 7.44. The van der Waals surface area contributed by atoms with Crippen molar-refractivity contribution in [3.05, 3.63) is 35.5 Å². The molecule has 8 nitrogen and oxygen atoms in total. The standard InChI is InChI=1S/C16H19N3O5/c1-3-23-15(21)11-8-17-16(22)19-13(11)9-24-14-7-5-4-6-12(14)18-10(2)20/h4-7H,3,8-9H2,1-2H3,(H,18,20)(H2,17,19,22). The lowest BCUT2D eigenvalue weighted by atomic mass is 10.1. The fourth-order valence-corrected chi connectivity index (χ4v) is 2.10. The van der Waals surface area contributed by atoms with Crippen molar-refractivity contribution in [2.24, 2.45) is 0 Å². The molecule has 0 unspecified atom stereocenters. The number of nitrogens with one attached hydrogen (secondary N) is 3. The number of carbonyl (C=O) groups excluding carboxylic acids is 3. The number of hydrogen-bond donors (Lipinski definition) is 3. The van der Waals surface area contributed by atoms with Crippen LogP contribution in [0.15, 0.2) is 35.5 Å². The average molecular weight is 333 g/mol. The van der Waals surface area contributed by atoms with Crippen LogP contribution in [-0.4, -0.2) is 37.7 Å². The van der Waals surface area contributed by atoms with E-state index in [9.17, 15) is 14.4 Å². The number of urea groups is 1. The summed E-state index contributed by atoms with van der Waals surface area (Å²) < 4.78 is 10.6. The molecule has 0 fully saturated rings. The molecule has 1 heterocycles. The lowest BCUT2D eigenvalue weighted by Gasteiger charge is -2.22. The third-order valence-corrected chi connectivity index (χ3v) is 3.15. The Morgan fingerprint density at radius 1 is 1.29 bits per heavy atom. The van der Waals surface area contributed by atoms with Gasteiger partial charge in [0, 0.05) is 6.92 Å². The molecule has 0 atom stereocenters. The van der Waals surface area contributed by atoms with Gasteiger partial charge in [-0.15, -0.1) is 0 Å². The summed E-state index contributed by atoms with van der Waals surface area (Å²) in [6, 6.07) is 6.46. The second kappa shape index (κ2) is 8.00. The fourth-order valence-electron chi connectivity index (χ4n) is 2.10. The van der Waals surface area contributed by atoms with Gasteiger partial charge >= 0.3 is 12.0 Å². The molecule has 0 saturated heterocycles. The number of amides is 3. The molecule has 0 aliphatic carbocycles. The van der Waals surface area contributed by atoms with E-state index in [1.54, 1.807) is 31.2 Å². The van der Waals surface area contributed by atoms with Gasteiger partial charge in [0.05, 0.1) is 30.1 Å². The molecule has 1 aliphatic rings. The quantitative estimate of drug-likeness (QED) is 0.677. The van der Waals surface area contributed by atoms with Crippen molar-refractivity contribution in [3.8, 4) is 5.75 Å². The van der Waals surface area contributed by atoms with Gasteiger partial charge in [0.25, 0.3) is 0 Å². The van der Waals surface area contributed by atoms with E-state index in [0.717, 1.165) is 0 Å². The lowest BCUT2D eigenvalue weighted by Crippen LogP contribution is -2.45. The topological polar surface area (TPSA) is 106 Å². The third-order valence-electron chi connectivity index (χ3n) is 3.15. The van der Waals surface area contributed by atoms with E-state index in [0.29, 0.717) is 22.7 Å². The number of carbonyl (C=O) groups is 3. The minimum absolute atomic E-state index is 0.0435. The van der Waals surface area contributed by atoms with Gasteiger partial charge in [0.2, 0.25) is 5.91 Å². The highest BCUT2D eigenvalue weighted by Crippen LogP contribution is 2.24. The van der Waals surface area contributed by atoms with E-state index >= 15 is 0 Å². The Hall–Kier alpha value is -3.03. The SMILES string of the molecule is CCOC(=O)C1=C(COc2ccccc2NC(C)=O)NC(=O)NC1. The monoisotopic (exact) mass is 333 g/mol. The van der Waals surface area contributed by atoms with Crippen LogP contribution in [0.2, 0.25) is 0 Å². The molecule has 128 valence electrons. The van der Waals surface area contributed by atoms with Gasteiger partial charge in [-0.05, 0) is 19.1 Å². The maximum atomic E-state index is 12.0. The van der Waals surface area contributed by atoms with Crippen LogP contribution in [-0.2, 0) is 14.3 Å². The molecule has 1 aromatic carbocycles. The zero-order valence-electron chi connectivity index (χ0n) is 13.5. The highest BCUT2D eigenvalue weighted by atomic mass is 16.5. The van der Waals surface area contributed by atoms with Gasteiger partial charge in [-0.25, -0.2) is 9.59 Å². The smallest absolute Gasteiger partial charge is 0.337 e. The van der Waals surface area contributed by atoms with Crippen LogP contribution in [0, 0.1) is 0 Å². The van der Waals surface area contributed by atoms with Crippen LogP contribution >= 0.6 is 0 Å². The van der Waals surface area contributed by atoms with Gasteiger partial charge in [-0.2, -0.15) is 0 Å². The summed E-state index contributed by atoms with van der Waals surface area (Å²) in [5.41, 5.74) is 1.13. The first-order chi connectivity index (χ1) is 11.5. The van der Waals surface area contributed by atoms with Crippen molar-refractivity contribution in [2.45, 2.75) is 13.8 Å². The maximum Gasteiger partial charge on any atom is 0.337 e. The van der Waals surface area contributed by atoms with Gasteiger partial charge in [-0.3, -0.25) is 4.79 Å². The Morgan fingerprint density at radius 3 is 2.75 bits per heavy atom. The second-order valence-electron chi connectivity index (χ2n) is 4.95. The summed E-state index contributed by atoms with van der Waals surface area (Å²) >= 11 is 0. The number of hydrogen-bond acceptors (Lipinski definition) is 5. The van der Waals surface area contributed by atoms with E-state index in [-0.39, 0.29) is 25.7 Å². The Labute approximate surface area is 139 Å². The van der Waals surface area contributed by atoms with Gasteiger partial charge in [-0.1, -0.05) is 12.1 Å². The van der Waals surface area contributed by atoms with Crippen molar-refractivity contribution in [1.29, 1.82) is 0 Å². The molecule has 0 radical (unpaired) electrons. The first kappa shape index (κ1) is 17.3. The molecular weight excluding hydrogens is 314 g/mol. The Morgan fingerprint density at radius 2 is 2.04 bits per heavy atom. The van der Waals surface area contributed by atoms with E-state index < -0.39 is 12.0 Å². The van der Waals surface area contributed by atoms with Crippen LogP contribution in [0.3, 0.4) is 0 Å². The molecular formula is C16H19N3O5. The zero-order valence-corrected chi connectivity index (χ0v) is 13.5. The largest absolute Gasteiger partial charge is 0.485 e. The van der Waals surface area contributed by atoms with Crippen molar-refractivity contribution in [3.63, 3.8) is 0 Å². The number of rotatable bonds is 6. The van der Waals surface area contributed by atoms with Gasteiger partial charge in [0.1, 0.15) is 12.4 Å². The maximum absolute atomic E-state index is 12.0. The zero-order chi connectivity index (χ0) is 17.5. The summed E-state index contributed by atoms with van der Waals surface area (Å²) in [7, 11) is 0. The number of para-hydroxylation sites is 2. The van der Waals surface area contributed by atoms with Crippen molar-refractivity contribution < 1.29 is 23.9 Å². The summed E-state index contributed by atoms with van der Waals surface area (Å²) in [4.78, 5) is 34.7. The molecule has 3 amide bonds. The molecule has 0 aromatic heterocycles. The van der Waals surface area contributed by atoms with Crippen LogP contribution in [0.1, 0.15) is 13.8 Å². The highest BCUT2D eigenvalue weighted by Gasteiger charge is 2.24. The average Bonchev–Trinajstić information content (AvgIpc) is 2.54.